The SMILES string of the molecule is O=C(Nc1ccc(Cl)cc1)[C@@H]1[C@H](C(=O)c2ccc(Cl)cc2)[C@@]2(C(=O)Nc3ccccc32)[C@@H]2C=Cc3ccccc3N12. The van der Waals surface area contributed by atoms with Crippen molar-refractivity contribution in [1.82, 2.24) is 0 Å². The number of carbonyl (C=O) groups is 3. The predicted molar refractivity (Wildman–Crippen MR) is 162 cm³/mol. The van der Waals surface area contributed by atoms with Crippen molar-refractivity contribution < 1.29 is 14.4 Å². The first kappa shape index (κ1) is 25.6. The van der Waals surface area contributed by atoms with Gasteiger partial charge in [0.05, 0.1) is 12.0 Å². The second kappa shape index (κ2) is 9.61. The number of amides is 2. The van der Waals surface area contributed by atoms with Crippen LogP contribution >= 0.6 is 23.2 Å². The van der Waals surface area contributed by atoms with Gasteiger partial charge in [-0.3, -0.25) is 14.4 Å². The van der Waals surface area contributed by atoms with Gasteiger partial charge in [-0.05, 0) is 71.8 Å². The zero-order valence-corrected chi connectivity index (χ0v) is 23.1. The molecule has 0 aromatic heterocycles. The number of ketones is 1. The largest absolute Gasteiger partial charge is 0.350 e. The van der Waals surface area contributed by atoms with Crippen molar-refractivity contribution in [2.45, 2.75) is 17.5 Å². The Labute approximate surface area is 246 Å². The van der Waals surface area contributed by atoms with Gasteiger partial charge in [0.2, 0.25) is 11.8 Å². The number of nitrogens with one attached hydrogen (secondary N) is 2. The topological polar surface area (TPSA) is 78.5 Å². The molecule has 3 heterocycles. The van der Waals surface area contributed by atoms with Crippen LogP contribution in [0, 0.1) is 5.92 Å². The van der Waals surface area contributed by atoms with E-state index >= 15 is 0 Å². The molecule has 4 aromatic carbocycles. The lowest BCUT2D eigenvalue weighted by Crippen LogP contribution is -2.51. The van der Waals surface area contributed by atoms with Gasteiger partial charge in [0.15, 0.2) is 5.78 Å². The number of benzene rings is 4. The fourth-order valence-corrected chi connectivity index (χ4v) is 6.91. The molecule has 8 heteroatoms. The molecule has 2 N–H and O–H groups in total. The number of Topliss-reactive ketones (excluding diaryl/α,β-unsaturated/α-hetero) is 1. The number of rotatable bonds is 4. The van der Waals surface area contributed by atoms with Crippen molar-refractivity contribution in [3.8, 4) is 0 Å². The molecule has 0 radical (unpaired) electrons. The Morgan fingerprint density at radius 2 is 1.49 bits per heavy atom. The Morgan fingerprint density at radius 1 is 0.829 bits per heavy atom. The number of hydrogen-bond acceptors (Lipinski definition) is 4. The smallest absolute Gasteiger partial charge is 0.247 e. The van der Waals surface area contributed by atoms with Gasteiger partial charge in [-0.2, -0.15) is 0 Å². The van der Waals surface area contributed by atoms with E-state index in [4.69, 9.17) is 23.2 Å². The lowest BCUT2D eigenvalue weighted by Gasteiger charge is -2.37. The molecule has 0 saturated carbocycles. The molecule has 0 bridgehead atoms. The van der Waals surface area contributed by atoms with Crippen molar-refractivity contribution >= 4 is 63.9 Å². The standard InChI is InChI=1S/C33H23Cl2N3O3/c34-21-12-9-20(10-13-21)30(39)28-29(31(40)36-23-16-14-22(35)15-17-23)38-26-8-4-1-5-19(26)11-18-27(38)33(28)24-6-2-3-7-25(24)37-32(33)41/h1-18,27-29H,(H,36,40)(H,37,41)/t27-,28+,29-,33-/m0/s1. The zero-order chi connectivity index (χ0) is 28.3. The van der Waals surface area contributed by atoms with E-state index in [1.807, 2.05) is 65.6 Å². The molecule has 3 aliphatic heterocycles. The highest BCUT2D eigenvalue weighted by Crippen LogP contribution is 2.57. The molecule has 1 saturated heterocycles. The van der Waals surface area contributed by atoms with Crippen LogP contribution in [0.2, 0.25) is 10.0 Å². The van der Waals surface area contributed by atoms with Gasteiger partial charge in [0.1, 0.15) is 11.5 Å². The first-order valence-corrected chi connectivity index (χ1v) is 14.0. The summed E-state index contributed by atoms with van der Waals surface area (Å²) >= 11 is 12.2. The molecule has 202 valence electrons. The summed E-state index contributed by atoms with van der Waals surface area (Å²) in [7, 11) is 0. The van der Waals surface area contributed by atoms with Crippen molar-refractivity contribution in [1.29, 1.82) is 0 Å². The van der Waals surface area contributed by atoms with Crippen LogP contribution < -0.4 is 15.5 Å². The predicted octanol–water partition coefficient (Wildman–Crippen LogP) is 6.61. The molecule has 41 heavy (non-hydrogen) atoms. The van der Waals surface area contributed by atoms with Crippen LogP contribution in [-0.2, 0) is 15.0 Å². The molecule has 6 nitrogen and oxygen atoms in total. The normalized spacial score (nSPS) is 23.5. The number of fused-ring (bicyclic) bond motifs is 6. The van der Waals surface area contributed by atoms with Gasteiger partial charge in [-0.1, -0.05) is 71.8 Å². The summed E-state index contributed by atoms with van der Waals surface area (Å²) in [4.78, 5) is 45.3. The van der Waals surface area contributed by atoms with E-state index in [0.717, 1.165) is 11.3 Å². The van der Waals surface area contributed by atoms with E-state index in [0.29, 0.717) is 32.5 Å². The van der Waals surface area contributed by atoms with Crippen molar-refractivity contribution in [2.75, 3.05) is 15.5 Å². The molecule has 3 aliphatic rings. The fourth-order valence-electron chi connectivity index (χ4n) is 6.66. The summed E-state index contributed by atoms with van der Waals surface area (Å²) in [5.41, 5.74) is 2.53. The van der Waals surface area contributed by atoms with E-state index in [1.165, 1.54) is 0 Å². The van der Waals surface area contributed by atoms with Crippen LogP contribution in [0.15, 0.2) is 103 Å². The summed E-state index contributed by atoms with van der Waals surface area (Å²) < 4.78 is 0. The van der Waals surface area contributed by atoms with E-state index in [1.54, 1.807) is 48.5 Å². The van der Waals surface area contributed by atoms with Crippen LogP contribution in [0.25, 0.3) is 6.08 Å². The summed E-state index contributed by atoms with van der Waals surface area (Å²) in [5.74, 6) is -2.10. The highest BCUT2D eigenvalue weighted by atomic mass is 35.5. The average Bonchev–Trinajstić information content (AvgIpc) is 3.47. The molecule has 4 atom stereocenters. The third kappa shape index (κ3) is 3.82. The fraction of sp³-hybridized carbons (Fsp3) is 0.121. The van der Waals surface area contributed by atoms with Gasteiger partial charge >= 0.3 is 0 Å². The molecule has 0 unspecified atom stereocenters. The number of anilines is 3. The van der Waals surface area contributed by atoms with E-state index < -0.39 is 29.3 Å². The quantitative estimate of drug-likeness (QED) is 0.267. The Bertz CT molecular complexity index is 1750. The molecule has 4 aromatic rings. The third-order valence-corrected chi connectivity index (χ3v) is 8.84. The van der Waals surface area contributed by atoms with Crippen molar-refractivity contribution in [3.05, 3.63) is 130 Å². The maximum atomic E-state index is 14.7. The molecule has 1 fully saturated rings. The Balaban J connectivity index is 1.48. The maximum absolute atomic E-state index is 14.7. The van der Waals surface area contributed by atoms with E-state index in [9.17, 15) is 14.4 Å². The average molecular weight is 580 g/mol. The lowest BCUT2D eigenvalue weighted by atomic mass is 9.64. The molecule has 1 spiro atoms. The van der Waals surface area contributed by atoms with E-state index in [2.05, 4.69) is 10.6 Å². The molecular weight excluding hydrogens is 557 g/mol. The van der Waals surface area contributed by atoms with Gasteiger partial charge in [0.25, 0.3) is 0 Å². The minimum atomic E-state index is -1.38. The minimum Gasteiger partial charge on any atom is -0.350 e. The van der Waals surface area contributed by atoms with Crippen LogP contribution in [0.3, 0.4) is 0 Å². The number of para-hydroxylation sites is 2. The molecule has 2 amide bonds. The number of hydrogen-bond donors (Lipinski definition) is 2. The van der Waals surface area contributed by atoms with Gasteiger partial charge in [-0.25, -0.2) is 0 Å². The third-order valence-electron chi connectivity index (χ3n) is 8.33. The highest BCUT2D eigenvalue weighted by molar-refractivity contribution is 6.31. The van der Waals surface area contributed by atoms with Crippen molar-refractivity contribution in [2.24, 2.45) is 5.92 Å². The number of nitrogens with zero attached hydrogens (tertiary/aromatic N) is 1. The number of halogens is 2. The van der Waals surface area contributed by atoms with Gasteiger partial charge in [0, 0.05) is 32.7 Å². The lowest BCUT2D eigenvalue weighted by molar-refractivity contribution is -0.122. The summed E-state index contributed by atoms with van der Waals surface area (Å²) in [6.07, 6.45) is 3.91. The van der Waals surface area contributed by atoms with Crippen LogP contribution in [0.4, 0.5) is 17.1 Å². The number of carbonyl (C=O) groups excluding carboxylic acids is 3. The molecule has 0 aliphatic carbocycles. The highest BCUT2D eigenvalue weighted by Gasteiger charge is 2.70. The monoisotopic (exact) mass is 579 g/mol. The Hall–Kier alpha value is -4.39. The maximum Gasteiger partial charge on any atom is 0.247 e. The summed E-state index contributed by atoms with van der Waals surface area (Å²) in [5, 5.41) is 7.05. The summed E-state index contributed by atoms with van der Waals surface area (Å²) in [6.45, 7) is 0. The van der Waals surface area contributed by atoms with Gasteiger partial charge in [-0.15, -0.1) is 0 Å². The summed E-state index contributed by atoms with van der Waals surface area (Å²) in [6, 6.07) is 26.8. The molecule has 7 rings (SSSR count). The first-order valence-electron chi connectivity index (χ1n) is 13.2. The second-order valence-electron chi connectivity index (χ2n) is 10.4. The second-order valence-corrected chi connectivity index (χ2v) is 11.3. The van der Waals surface area contributed by atoms with Crippen LogP contribution in [0.5, 0.6) is 0 Å². The Morgan fingerprint density at radius 3 is 2.24 bits per heavy atom. The van der Waals surface area contributed by atoms with Crippen molar-refractivity contribution in [3.63, 3.8) is 0 Å². The van der Waals surface area contributed by atoms with Gasteiger partial charge < -0.3 is 15.5 Å². The Kier molecular flexibility index (Phi) is 6.00. The zero-order valence-electron chi connectivity index (χ0n) is 21.6. The first-order chi connectivity index (χ1) is 19.9. The molecular formula is C33H23Cl2N3O3. The minimum absolute atomic E-state index is 0.313. The van der Waals surface area contributed by atoms with Crippen LogP contribution in [0.1, 0.15) is 21.5 Å². The van der Waals surface area contributed by atoms with E-state index in [-0.39, 0.29) is 11.7 Å². The van der Waals surface area contributed by atoms with Crippen LogP contribution in [-0.4, -0.2) is 29.7 Å².